The average molecular weight is 327 g/mol. The number of benzene rings is 2. The highest BCUT2D eigenvalue weighted by atomic mass is 35.5. The van der Waals surface area contributed by atoms with E-state index < -0.39 is 0 Å². The molecule has 2 aromatic carbocycles. The van der Waals surface area contributed by atoms with Gasteiger partial charge in [0.1, 0.15) is 5.82 Å². The van der Waals surface area contributed by atoms with Crippen LogP contribution >= 0.6 is 23.2 Å². The van der Waals surface area contributed by atoms with Gasteiger partial charge in [-0.15, -0.1) is 0 Å². The number of rotatable bonds is 5. The first-order valence-corrected chi connectivity index (χ1v) is 7.37. The van der Waals surface area contributed by atoms with Crippen LogP contribution in [0.2, 0.25) is 10.0 Å². The molecule has 1 unspecified atom stereocenters. The van der Waals surface area contributed by atoms with E-state index in [1.54, 1.807) is 30.3 Å². The Morgan fingerprint density at radius 3 is 2.57 bits per heavy atom. The first-order chi connectivity index (χ1) is 10.0. The van der Waals surface area contributed by atoms with Crippen LogP contribution in [0.1, 0.15) is 17.2 Å². The molecule has 1 atom stereocenters. The molecule has 0 saturated heterocycles. The Labute approximate surface area is 134 Å². The standard InChI is InChI=1S/C16H17Cl2FN2/c1-21(10-11-4-2-3-5-15(11)19)16(9-20)13-8-12(17)6-7-14(13)18/h2-8,16H,9-10,20H2,1H3. The highest BCUT2D eigenvalue weighted by Gasteiger charge is 2.19. The Morgan fingerprint density at radius 1 is 1.19 bits per heavy atom. The Kier molecular flexibility index (Phi) is 5.59. The van der Waals surface area contributed by atoms with Crippen molar-refractivity contribution in [2.45, 2.75) is 12.6 Å². The molecule has 2 rings (SSSR count). The van der Waals surface area contributed by atoms with Gasteiger partial charge in [0.05, 0.1) is 0 Å². The van der Waals surface area contributed by atoms with Crippen LogP contribution in [0.3, 0.4) is 0 Å². The Bertz CT molecular complexity index is 619. The van der Waals surface area contributed by atoms with E-state index in [0.29, 0.717) is 28.7 Å². The summed E-state index contributed by atoms with van der Waals surface area (Å²) < 4.78 is 13.8. The van der Waals surface area contributed by atoms with Gasteiger partial charge in [-0.2, -0.15) is 0 Å². The smallest absolute Gasteiger partial charge is 0.127 e. The molecule has 0 aromatic heterocycles. The minimum Gasteiger partial charge on any atom is -0.329 e. The maximum atomic E-state index is 13.8. The van der Waals surface area contributed by atoms with Crippen LogP contribution < -0.4 is 5.73 Å². The van der Waals surface area contributed by atoms with Crippen LogP contribution in [-0.4, -0.2) is 18.5 Å². The lowest BCUT2D eigenvalue weighted by atomic mass is 10.0. The van der Waals surface area contributed by atoms with Crippen molar-refractivity contribution in [3.63, 3.8) is 0 Å². The van der Waals surface area contributed by atoms with Crippen molar-refractivity contribution in [1.29, 1.82) is 0 Å². The zero-order chi connectivity index (χ0) is 15.4. The van der Waals surface area contributed by atoms with E-state index in [9.17, 15) is 4.39 Å². The minimum atomic E-state index is -0.225. The number of halogens is 3. The SMILES string of the molecule is CN(Cc1ccccc1F)C(CN)c1cc(Cl)ccc1Cl. The van der Waals surface area contributed by atoms with Crippen LogP contribution in [0.5, 0.6) is 0 Å². The third-order valence-corrected chi connectivity index (χ3v) is 4.03. The van der Waals surface area contributed by atoms with Crippen molar-refractivity contribution < 1.29 is 4.39 Å². The molecule has 2 N–H and O–H groups in total. The molecule has 0 spiro atoms. The zero-order valence-corrected chi connectivity index (χ0v) is 13.2. The average Bonchev–Trinajstić information content (AvgIpc) is 2.46. The van der Waals surface area contributed by atoms with Crippen LogP contribution in [0.4, 0.5) is 4.39 Å². The fourth-order valence-electron chi connectivity index (χ4n) is 2.32. The van der Waals surface area contributed by atoms with Crippen molar-refractivity contribution >= 4 is 23.2 Å². The molecule has 0 aliphatic carbocycles. The van der Waals surface area contributed by atoms with Crippen molar-refractivity contribution in [3.8, 4) is 0 Å². The molecule has 0 fully saturated rings. The Hall–Kier alpha value is -1.13. The molecule has 0 amide bonds. The molecule has 21 heavy (non-hydrogen) atoms. The molecule has 0 saturated carbocycles. The highest BCUT2D eigenvalue weighted by Crippen LogP contribution is 2.30. The van der Waals surface area contributed by atoms with E-state index in [1.165, 1.54) is 6.07 Å². The number of hydrogen-bond donors (Lipinski definition) is 1. The normalized spacial score (nSPS) is 12.7. The first kappa shape index (κ1) is 16.2. The van der Waals surface area contributed by atoms with Gasteiger partial charge in [0.2, 0.25) is 0 Å². The number of nitrogens with two attached hydrogens (primary N) is 1. The maximum Gasteiger partial charge on any atom is 0.127 e. The third-order valence-electron chi connectivity index (χ3n) is 3.45. The largest absolute Gasteiger partial charge is 0.329 e. The summed E-state index contributed by atoms with van der Waals surface area (Å²) in [5, 5.41) is 1.21. The van der Waals surface area contributed by atoms with Gasteiger partial charge >= 0.3 is 0 Å². The van der Waals surface area contributed by atoms with Crippen molar-refractivity contribution in [2.75, 3.05) is 13.6 Å². The second-order valence-corrected chi connectivity index (χ2v) is 5.77. The van der Waals surface area contributed by atoms with Crippen LogP contribution in [0, 0.1) is 5.82 Å². The summed E-state index contributed by atoms with van der Waals surface area (Å²) in [4.78, 5) is 1.97. The fraction of sp³-hybridized carbons (Fsp3) is 0.250. The monoisotopic (exact) mass is 326 g/mol. The highest BCUT2D eigenvalue weighted by molar-refractivity contribution is 6.33. The van der Waals surface area contributed by atoms with E-state index in [1.807, 2.05) is 18.0 Å². The van der Waals surface area contributed by atoms with Gasteiger partial charge in [0.15, 0.2) is 0 Å². The summed E-state index contributed by atoms with van der Waals surface area (Å²) in [6.45, 7) is 0.808. The van der Waals surface area contributed by atoms with Gasteiger partial charge in [-0.05, 0) is 36.9 Å². The van der Waals surface area contributed by atoms with Gasteiger partial charge in [0, 0.05) is 34.7 Å². The van der Waals surface area contributed by atoms with E-state index in [4.69, 9.17) is 28.9 Å². The molecule has 0 bridgehead atoms. The van der Waals surface area contributed by atoms with Gasteiger partial charge in [-0.1, -0.05) is 41.4 Å². The molecule has 0 aliphatic rings. The summed E-state index contributed by atoms with van der Waals surface area (Å²) in [6, 6.07) is 11.9. The number of nitrogens with zero attached hydrogens (tertiary/aromatic N) is 1. The van der Waals surface area contributed by atoms with E-state index in [0.717, 1.165) is 5.56 Å². The van der Waals surface area contributed by atoms with E-state index in [2.05, 4.69) is 0 Å². The summed E-state index contributed by atoms with van der Waals surface area (Å²) in [5.41, 5.74) is 7.35. The molecular weight excluding hydrogens is 310 g/mol. The third kappa shape index (κ3) is 3.95. The zero-order valence-electron chi connectivity index (χ0n) is 11.7. The summed E-state index contributed by atoms with van der Waals surface area (Å²) in [5.74, 6) is -0.225. The first-order valence-electron chi connectivity index (χ1n) is 6.61. The maximum absolute atomic E-state index is 13.8. The quantitative estimate of drug-likeness (QED) is 0.889. The van der Waals surface area contributed by atoms with Crippen molar-refractivity contribution in [1.82, 2.24) is 4.90 Å². The number of likely N-dealkylation sites (N-methyl/N-ethyl adjacent to an activating group) is 1. The fourth-order valence-corrected chi connectivity index (χ4v) is 2.74. The lowest BCUT2D eigenvalue weighted by Gasteiger charge is -2.28. The van der Waals surface area contributed by atoms with Crippen molar-refractivity contribution in [2.24, 2.45) is 5.73 Å². The Balaban J connectivity index is 2.25. The van der Waals surface area contributed by atoms with Gasteiger partial charge in [-0.25, -0.2) is 4.39 Å². The molecule has 2 aromatic rings. The molecular formula is C16H17Cl2FN2. The summed E-state index contributed by atoms with van der Waals surface area (Å²) in [6.07, 6.45) is 0. The number of hydrogen-bond acceptors (Lipinski definition) is 2. The van der Waals surface area contributed by atoms with Crippen LogP contribution in [-0.2, 0) is 6.54 Å². The van der Waals surface area contributed by atoms with Crippen LogP contribution in [0.15, 0.2) is 42.5 Å². The van der Waals surface area contributed by atoms with Gasteiger partial charge in [0.25, 0.3) is 0 Å². The second kappa shape index (κ2) is 7.23. The molecule has 0 radical (unpaired) electrons. The minimum absolute atomic E-state index is 0.129. The van der Waals surface area contributed by atoms with Gasteiger partial charge < -0.3 is 5.73 Å². The Morgan fingerprint density at radius 2 is 1.90 bits per heavy atom. The lowest BCUT2D eigenvalue weighted by molar-refractivity contribution is 0.238. The predicted octanol–water partition coefficient (Wildman–Crippen LogP) is 4.26. The van der Waals surface area contributed by atoms with Crippen molar-refractivity contribution in [3.05, 3.63) is 69.5 Å². The summed E-state index contributed by atoms with van der Waals surface area (Å²) in [7, 11) is 1.89. The molecule has 0 aliphatic heterocycles. The molecule has 0 heterocycles. The van der Waals surface area contributed by atoms with E-state index >= 15 is 0 Å². The molecule has 112 valence electrons. The lowest BCUT2D eigenvalue weighted by Crippen LogP contribution is -2.30. The van der Waals surface area contributed by atoms with Crippen LogP contribution in [0.25, 0.3) is 0 Å². The second-order valence-electron chi connectivity index (χ2n) is 4.92. The molecule has 2 nitrogen and oxygen atoms in total. The van der Waals surface area contributed by atoms with E-state index in [-0.39, 0.29) is 11.9 Å². The summed E-state index contributed by atoms with van der Waals surface area (Å²) >= 11 is 12.3. The topological polar surface area (TPSA) is 29.3 Å². The van der Waals surface area contributed by atoms with Gasteiger partial charge in [-0.3, -0.25) is 4.90 Å². The molecule has 5 heteroatoms. The predicted molar refractivity (Wildman–Crippen MR) is 86.1 cm³/mol.